The minimum atomic E-state index is -0.403. The van der Waals surface area contributed by atoms with E-state index in [1.165, 1.54) is 15.3 Å². The van der Waals surface area contributed by atoms with Gasteiger partial charge in [-0.15, -0.1) is 0 Å². The Morgan fingerprint density at radius 2 is 1.41 bits per heavy atom. The molecule has 0 amide bonds. The Hall–Kier alpha value is -2.99. The van der Waals surface area contributed by atoms with Crippen molar-refractivity contribution in [3.63, 3.8) is 0 Å². The van der Waals surface area contributed by atoms with Gasteiger partial charge in [0.15, 0.2) is 4.77 Å². The Morgan fingerprint density at radius 1 is 0.931 bits per heavy atom. The minimum absolute atomic E-state index is 0.0973. The summed E-state index contributed by atoms with van der Waals surface area (Å²) in [6, 6.07) is 15.1. The number of aliphatic imine (C=N–C) groups is 1. The molecule has 3 aromatic rings. The number of hydrogen-bond acceptors (Lipinski definition) is 4. The fraction of sp³-hybridized carbons (Fsp3) is 0.261. The molecule has 150 valence electrons. The summed E-state index contributed by atoms with van der Waals surface area (Å²) in [5, 5.41) is 11.1. The van der Waals surface area contributed by atoms with Crippen molar-refractivity contribution >= 4 is 18.4 Å². The molecule has 0 radical (unpaired) electrons. The maximum absolute atomic E-state index is 13.4. The molecule has 3 rings (SSSR count). The van der Waals surface area contributed by atoms with Crippen LogP contribution in [0.4, 0.5) is 0 Å². The van der Waals surface area contributed by atoms with Gasteiger partial charge in [-0.3, -0.25) is 18.9 Å². The van der Waals surface area contributed by atoms with Crippen LogP contribution < -0.4 is 5.56 Å². The van der Waals surface area contributed by atoms with Crippen LogP contribution in [0.1, 0.15) is 37.5 Å². The molecule has 0 bridgehead atoms. The van der Waals surface area contributed by atoms with E-state index >= 15 is 0 Å². The first kappa shape index (κ1) is 20.7. The summed E-state index contributed by atoms with van der Waals surface area (Å²) in [5.41, 5.74) is 2.51. The number of nitrogens with zero attached hydrogens (tertiary/aromatic N) is 3. The highest BCUT2D eigenvalue weighted by Crippen LogP contribution is 2.24. The van der Waals surface area contributed by atoms with E-state index in [9.17, 15) is 9.90 Å². The Kier molecular flexibility index (Phi) is 5.57. The Morgan fingerprint density at radius 3 is 1.90 bits per heavy atom. The number of aromatic nitrogens is 2. The van der Waals surface area contributed by atoms with E-state index in [4.69, 9.17) is 12.2 Å². The molecule has 0 saturated heterocycles. The van der Waals surface area contributed by atoms with Crippen molar-refractivity contribution in [3.05, 3.63) is 80.3 Å². The molecule has 6 heteroatoms. The van der Waals surface area contributed by atoms with E-state index in [1.807, 2.05) is 83.1 Å². The molecule has 0 spiro atoms. The first-order chi connectivity index (χ1) is 13.6. The first-order valence-electron chi connectivity index (χ1n) is 9.40. The minimum Gasteiger partial charge on any atom is -0.494 e. The lowest BCUT2D eigenvalue weighted by Crippen LogP contribution is -2.28. The summed E-state index contributed by atoms with van der Waals surface area (Å²) in [7, 11) is 0. The molecule has 0 atom stereocenters. The highest BCUT2D eigenvalue weighted by Gasteiger charge is 2.20. The van der Waals surface area contributed by atoms with Gasteiger partial charge in [-0.2, -0.15) is 0 Å². The van der Waals surface area contributed by atoms with E-state index in [0.717, 1.165) is 11.1 Å². The van der Waals surface area contributed by atoms with E-state index in [1.54, 1.807) is 0 Å². The molecule has 0 saturated carbocycles. The normalized spacial score (nSPS) is 11.9. The van der Waals surface area contributed by atoms with Gasteiger partial charge in [-0.05, 0) is 70.1 Å². The zero-order chi connectivity index (χ0) is 21.3. The molecule has 0 unspecified atom stereocenters. The van der Waals surface area contributed by atoms with Crippen molar-refractivity contribution in [2.24, 2.45) is 4.99 Å². The van der Waals surface area contributed by atoms with Crippen molar-refractivity contribution in [2.45, 2.75) is 40.2 Å². The maximum atomic E-state index is 13.4. The number of para-hydroxylation sites is 2. The van der Waals surface area contributed by atoms with Crippen molar-refractivity contribution in [1.29, 1.82) is 0 Å². The molecule has 2 aromatic carbocycles. The second-order valence-corrected chi connectivity index (χ2v) is 8.36. The van der Waals surface area contributed by atoms with Gasteiger partial charge >= 0.3 is 0 Å². The monoisotopic (exact) mass is 407 g/mol. The van der Waals surface area contributed by atoms with Crippen molar-refractivity contribution < 1.29 is 5.11 Å². The van der Waals surface area contributed by atoms with Gasteiger partial charge < -0.3 is 5.11 Å². The molecule has 0 aliphatic carbocycles. The topological polar surface area (TPSA) is 59.5 Å². The second kappa shape index (κ2) is 7.79. The lowest BCUT2D eigenvalue weighted by atomic mass is 10.1. The van der Waals surface area contributed by atoms with Crippen molar-refractivity contribution in [1.82, 2.24) is 9.13 Å². The zero-order valence-corrected chi connectivity index (χ0v) is 18.1. The fourth-order valence-electron chi connectivity index (χ4n) is 3.04. The molecule has 0 aliphatic heterocycles. The summed E-state index contributed by atoms with van der Waals surface area (Å²) in [6.07, 6.45) is 1.44. The van der Waals surface area contributed by atoms with Crippen LogP contribution in [0.5, 0.6) is 5.88 Å². The van der Waals surface area contributed by atoms with Crippen molar-refractivity contribution in [2.75, 3.05) is 0 Å². The molecular formula is C23H25N3O2S. The number of aryl methyl sites for hydroxylation is 2. The smallest absolute Gasteiger partial charge is 0.271 e. The van der Waals surface area contributed by atoms with Crippen molar-refractivity contribution in [3.8, 4) is 17.3 Å². The quantitative estimate of drug-likeness (QED) is 0.496. The van der Waals surface area contributed by atoms with Crippen LogP contribution in [0.25, 0.3) is 11.4 Å². The standard InChI is InChI=1S/C23H25N3O2S/c1-15-10-6-8-12-18(15)25-20(27)17(14-24-23(3,4)5)21(28)26(22(25)29)19-13-9-7-11-16(19)2/h6-14,27H,1-5H3. The third-order valence-corrected chi connectivity index (χ3v) is 4.93. The molecule has 0 fully saturated rings. The average Bonchev–Trinajstić information content (AvgIpc) is 2.64. The second-order valence-electron chi connectivity index (χ2n) is 8.00. The van der Waals surface area contributed by atoms with Gasteiger partial charge in [-0.25, -0.2) is 0 Å². The van der Waals surface area contributed by atoms with Crippen LogP contribution in [-0.2, 0) is 0 Å². The average molecular weight is 408 g/mol. The summed E-state index contributed by atoms with van der Waals surface area (Å²) in [5.74, 6) is -0.216. The van der Waals surface area contributed by atoms with Gasteiger partial charge in [0.1, 0.15) is 5.56 Å². The lowest BCUT2D eigenvalue weighted by molar-refractivity contribution is 0.429. The third-order valence-electron chi connectivity index (χ3n) is 4.56. The highest BCUT2D eigenvalue weighted by molar-refractivity contribution is 7.71. The van der Waals surface area contributed by atoms with Crippen LogP contribution in [0.15, 0.2) is 58.3 Å². The molecular weight excluding hydrogens is 382 g/mol. The summed E-state index contributed by atoms with van der Waals surface area (Å²) < 4.78 is 3.19. The molecule has 1 aromatic heterocycles. The van der Waals surface area contributed by atoms with Crippen LogP contribution in [0.2, 0.25) is 0 Å². The number of rotatable bonds is 3. The van der Waals surface area contributed by atoms with E-state index in [2.05, 4.69) is 4.99 Å². The predicted octanol–water partition coefficient (Wildman–Crippen LogP) is 4.90. The number of hydrogen-bond donors (Lipinski definition) is 1. The van der Waals surface area contributed by atoms with E-state index in [0.29, 0.717) is 11.4 Å². The molecule has 1 N–H and O–H groups in total. The summed E-state index contributed by atoms with van der Waals surface area (Å²) in [4.78, 5) is 17.8. The summed E-state index contributed by atoms with van der Waals surface area (Å²) in [6.45, 7) is 9.64. The fourth-order valence-corrected chi connectivity index (χ4v) is 3.41. The largest absolute Gasteiger partial charge is 0.494 e. The lowest BCUT2D eigenvalue weighted by Gasteiger charge is -2.19. The first-order valence-corrected chi connectivity index (χ1v) is 9.81. The van der Waals surface area contributed by atoms with Crippen LogP contribution >= 0.6 is 12.2 Å². The Labute approximate surface area is 175 Å². The van der Waals surface area contributed by atoms with E-state index in [-0.39, 0.29) is 16.2 Å². The van der Waals surface area contributed by atoms with Crippen LogP contribution in [-0.4, -0.2) is 26.0 Å². The molecule has 5 nitrogen and oxygen atoms in total. The molecule has 1 heterocycles. The number of aromatic hydroxyl groups is 1. The predicted molar refractivity (Wildman–Crippen MR) is 121 cm³/mol. The van der Waals surface area contributed by atoms with Gasteiger partial charge in [0, 0.05) is 6.21 Å². The molecule has 0 aliphatic rings. The molecule has 29 heavy (non-hydrogen) atoms. The Bertz CT molecular complexity index is 1210. The van der Waals surface area contributed by atoms with Crippen LogP contribution in [0.3, 0.4) is 0 Å². The van der Waals surface area contributed by atoms with Gasteiger partial charge in [-0.1, -0.05) is 36.4 Å². The van der Waals surface area contributed by atoms with Gasteiger partial charge in [0.2, 0.25) is 5.88 Å². The third kappa shape index (κ3) is 4.07. The highest BCUT2D eigenvalue weighted by atomic mass is 32.1. The Balaban J connectivity index is 2.48. The summed E-state index contributed by atoms with van der Waals surface area (Å²) >= 11 is 5.69. The van der Waals surface area contributed by atoms with Crippen LogP contribution in [0, 0.1) is 18.6 Å². The number of benzene rings is 2. The van der Waals surface area contributed by atoms with Gasteiger partial charge in [0.25, 0.3) is 5.56 Å². The maximum Gasteiger partial charge on any atom is 0.271 e. The zero-order valence-electron chi connectivity index (χ0n) is 17.3. The van der Waals surface area contributed by atoms with E-state index < -0.39 is 11.1 Å². The van der Waals surface area contributed by atoms with Gasteiger partial charge in [0.05, 0.1) is 16.9 Å². The SMILES string of the molecule is Cc1ccccc1-n1c(O)c(C=NC(C)(C)C)c(=O)n(-c2ccccc2C)c1=S.